The number of likely N-dealkylation sites (tertiary alicyclic amines) is 1. The Bertz CT molecular complexity index is 995. The molecule has 2 aromatic heterocycles. The van der Waals surface area contributed by atoms with Crippen LogP contribution in [0.15, 0.2) is 59.5 Å². The van der Waals surface area contributed by atoms with Crippen LogP contribution >= 0.6 is 0 Å². The molecule has 30 heavy (non-hydrogen) atoms. The van der Waals surface area contributed by atoms with E-state index >= 15 is 0 Å². The van der Waals surface area contributed by atoms with Crippen molar-refractivity contribution in [2.75, 3.05) is 26.7 Å². The molecule has 0 saturated carbocycles. The van der Waals surface area contributed by atoms with Crippen molar-refractivity contribution in [2.45, 2.75) is 31.2 Å². The summed E-state index contributed by atoms with van der Waals surface area (Å²) in [6.45, 7) is 3.28. The lowest BCUT2D eigenvalue weighted by Gasteiger charge is -2.46. The van der Waals surface area contributed by atoms with E-state index in [2.05, 4.69) is 46.3 Å². The summed E-state index contributed by atoms with van der Waals surface area (Å²) >= 11 is 0. The molecule has 3 aromatic rings. The molecule has 1 unspecified atom stereocenters. The van der Waals surface area contributed by atoms with E-state index < -0.39 is 0 Å². The summed E-state index contributed by atoms with van der Waals surface area (Å²) in [7, 11) is 2.14. The van der Waals surface area contributed by atoms with Crippen LogP contribution in [0.3, 0.4) is 0 Å². The maximum absolute atomic E-state index is 12.8. The molecule has 0 bridgehead atoms. The quantitative estimate of drug-likeness (QED) is 0.622. The van der Waals surface area contributed by atoms with E-state index in [9.17, 15) is 4.79 Å². The monoisotopic (exact) mass is 407 g/mol. The van der Waals surface area contributed by atoms with Gasteiger partial charge in [0.05, 0.1) is 19.7 Å². The molecule has 2 saturated heterocycles. The van der Waals surface area contributed by atoms with Gasteiger partial charge in [-0.25, -0.2) is 9.67 Å². The van der Waals surface area contributed by atoms with Gasteiger partial charge in [-0.1, -0.05) is 30.3 Å². The van der Waals surface area contributed by atoms with Crippen molar-refractivity contribution in [3.63, 3.8) is 0 Å². The lowest BCUT2D eigenvalue weighted by Crippen LogP contribution is -2.63. The Labute approximate surface area is 175 Å². The van der Waals surface area contributed by atoms with E-state index in [-0.39, 0.29) is 11.5 Å². The first kappa shape index (κ1) is 19.0. The van der Waals surface area contributed by atoms with Crippen molar-refractivity contribution < 1.29 is 13.9 Å². The molecular formula is C22H25N5O3. The summed E-state index contributed by atoms with van der Waals surface area (Å²) in [5, 5.41) is 4.05. The molecule has 8 nitrogen and oxygen atoms in total. The first-order chi connectivity index (χ1) is 14.6. The van der Waals surface area contributed by atoms with E-state index in [0.29, 0.717) is 43.8 Å². The minimum atomic E-state index is -0.221. The number of benzene rings is 1. The Balaban J connectivity index is 1.14. The first-order valence-corrected chi connectivity index (χ1v) is 10.2. The van der Waals surface area contributed by atoms with Gasteiger partial charge in [0.1, 0.15) is 30.6 Å². The van der Waals surface area contributed by atoms with Crippen LogP contribution in [0.2, 0.25) is 0 Å². The molecule has 0 radical (unpaired) electrons. The summed E-state index contributed by atoms with van der Waals surface area (Å²) in [4.78, 5) is 20.8. The maximum atomic E-state index is 12.8. The molecule has 1 aromatic carbocycles. The maximum Gasteiger partial charge on any atom is 0.289 e. The highest BCUT2D eigenvalue weighted by atomic mass is 16.5. The number of ether oxygens (including phenoxy) is 1. The van der Waals surface area contributed by atoms with Crippen LogP contribution in [0, 0.1) is 0 Å². The molecule has 2 aliphatic heterocycles. The second kappa shape index (κ2) is 7.70. The first-order valence-electron chi connectivity index (χ1n) is 10.2. The molecule has 1 spiro atoms. The third-order valence-electron chi connectivity index (χ3n) is 5.99. The zero-order valence-corrected chi connectivity index (χ0v) is 17.0. The average Bonchev–Trinajstić information content (AvgIpc) is 3.48. The third kappa shape index (κ3) is 3.76. The number of nitrogens with zero attached hydrogens (tertiary/aromatic N) is 5. The fourth-order valence-corrected chi connectivity index (χ4v) is 4.32. The summed E-state index contributed by atoms with van der Waals surface area (Å²) < 4.78 is 13.5. The van der Waals surface area contributed by atoms with E-state index in [1.54, 1.807) is 22.0 Å². The Morgan fingerprint density at radius 1 is 1.23 bits per heavy atom. The standard InChI is InChI=1S/C22H25N5O3/c1-25(10-17-5-3-2-4-6-17)18-9-22(29-12-18)13-26(14-22)21(28)20-8-7-19(30-20)11-27-16-23-15-24-27/h2-8,15-16,18H,9-14H2,1H3. The highest BCUT2D eigenvalue weighted by molar-refractivity contribution is 5.92. The fraction of sp³-hybridized carbons (Fsp3) is 0.409. The van der Waals surface area contributed by atoms with E-state index in [4.69, 9.17) is 9.15 Å². The van der Waals surface area contributed by atoms with Gasteiger partial charge in [-0.2, -0.15) is 5.10 Å². The van der Waals surface area contributed by atoms with Gasteiger partial charge < -0.3 is 14.1 Å². The molecule has 5 rings (SSSR count). The second-order valence-electron chi connectivity index (χ2n) is 8.27. The molecular weight excluding hydrogens is 382 g/mol. The summed E-state index contributed by atoms with van der Waals surface area (Å²) in [5.41, 5.74) is 1.08. The smallest absolute Gasteiger partial charge is 0.289 e. The zero-order valence-electron chi connectivity index (χ0n) is 17.0. The van der Waals surface area contributed by atoms with Crippen LogP contribution in [0.5, 0.6) is 0 Å². The van der Waals surface area contributed by atoms with Crippen molar-refractivity contribution in [1.82, 2.24) is 24.6 Å². The van der Waals surface area contributed by atoms with Gasteiger partial charge in [0.15, 0.2) is 5.76 Å². The lowest BCUT2D eigenvalue weighted by molar-refractivity contribution is -0.0957. The Hall–Kier alpha value is -2.97. The SMILES string of the molecule is CN(Cc1ccccc1)C1COC2(C1)CN(C(=O)c1ccc(Cn3cncn3)o1)C2. The molecule has 1 atom stereocenters. The van der Waals surface area contributed by atoms with E-state index in [0.717, 1.165) is 13.0 Å². The number of likely N-dealkylation sites (N-methyl/N-ethyl adjacent to an activating group) is 1. The van der Waals surface area contributed by atoms with Crippen LogP contribution in [0.25, 0.3) is 0 Å². The Kier molecular flexibility index (Phi) is 4.88. The van der Waals surface area contributed by atoms with E-state index in [1.807, 2.05) is 12.1 Å². The van der Waals surface area contributed by atoms with Crippen LogP contribution in [0.4, 0.5) is 0 Å². The highest BCUT2D eigenvalue weighted by Gasteiger charge is 2.52. The number of hydrogen-bond acceptors (Lipinski definition) is 6. The van der Waals surface area contributed by atoms with Gasteiger partial charge in [0.25, 0.3) is 5.91 Å². The molecule has 0 N–H and O–H groups in total. The van der Waals surface area contributed by atoms with Gasteiger partial charge in [-0.05, 0) is 31.2 Å². The van der Waals surface area contributed by atoms with Crippen molar-refractivity contribution in [1.29, 1.82) is 0 Å². The molecule has 8 heteroatoms. The van der Waals surface area contributed by atoms with Crippen LogP contribution in [0.1, 0.15) is 28.3 Å². The predicted octanol–water partition coefficient (Wildman–Crippen LogP) is 2.03. The number of rotatable bonds is 6. The average molecular weight is 407 g/mol. The minimum absolute atomic E-state index is 0.0878. The van der Waals surface area contributed by atoms with Crippen LogP contribution in [-0.4, -0.2) is 68.9 Å². The number of hydrogen-bond donors (Lipinski definition) is 0. The molecule has 0 aliphatic carbocycles. The number of aromatic nitrogens is 3. The van der Waals surface area contributed by atoms with E-state index in [1.165, 1.54) is 11.9 Å². The zero-order chi connectivity index (χ0) is 20.6. The van der Waals surface area contributed by atoms with Gasteiger partial charge in [0, 0.05) is 12.6 Å². The topological polar surface area (TPSA) is 76.6 Å². The van der Waals surface area contributed by atoms with Crippen molar-refractivity contribution in [3.8, 4) is 0 Å². The molecule has 2 fully saturated rings. The third-order valence-corrected chi connectivity index (χ3v) is 5.99. The Morgan fingerprint density at radius 2 is 2.07 bits per heavy atom. The molecule has 4 heterocycles. The van der Waals surface area contributed by atoms with Crippen molar-refractivity contribution >= 4 is 5.91 Å². The molecule has 2 aliphatic rings. The van der Waals surface area contributed by atoms with Crippen molar-refractivity contribution in [2.24, 2.45) is 0 Å². The predicted molar refractivity (Wildman–Crippen MR) is 109 cm³/mol. The fourth-order valence-electron chi connectivity index (χ4n) is 4.32. The summed E-state index contributed by atoms with van der Waals surface area (Å²) in [6, 6.07) is 14.4. The number of carbonyl (C=O) groups excluding carboxylic acids is 1. The van der Waals surface area contributed by atoms with Crippen LogP contribution < -0.4 is 0 Å². The summed E-state index contributed by atoms with van der Waals surface area (Å²) in [5.74, 6) is 0.949. The highest BCUT2D eigenvalue weighted by Crippen LogP contribution is 2.37. The van der Waals surface area contributed by atoms with Gasteiger partial charge in [-0.15, -0.1) is 0 Å². The van der Waals surface area contributed by atoms with Crippen molar-refractivity contribution in [3.05, 3.63) is 72.2 Å². The number of amides is 1. The van der Waals surface area contributed by atoms with Gasteiger partial charge >= 0.3 is 0 Å². The van der Waals surface area contributed by atoms with Crippen LogP contribution in [-0.2, 0) is 17.8 Å². The largest absolute Gasteiger partial charge is 0.454 e. The van der Waals surface area contributed by atoms with Gasteiger partial charge in [-0.3, -0.25) is 9.69 Å². The minimum Gasteiger partial charge on any atom is -0.454 e. The summed E-state index contributed by atoms with van der Waals surface area (Å²) in [6.07, 6.45) is 4.03. The number of carbonyl (C=O) groups is 1. The molecule has 156 valence electrons. The lowest BCUT2D eigenvalue weighted by atomic mass is 9.88. The Morgan fingerprint density at radius 3 is 2.83 bits per heavy atom. The normalized spacial score (nSPS) is 20.1. The second-order valence-corrected chi connectivity index (χ2v) is 8.27. The number of furan rings is 1. The molecule has 1 amide bonds. The van der Waals surface area contributed by atoms with Gasteiger partial charge in [0.2, 0.25) is 0 Å².